The van der Waals surface area contributed by atoms with Crippen molar-refractivity contribution in [3.05, 3.63) is 54.1 Å². The number of fused-ring (bicyclic) bond motifs is 1. The van der Waals surface area contributed by atoms with Gasteiger partial charge in [-0.3, -0.25) is 4.79 Å². The number of H-pyrrole nitrogens is 1. The molecule has 3 rings (SSSR count). The number of carbonyl (C=O) groups excluding carboxylic acids is 1. The molecule has 0 saturated heterocycles. The van der Waals surface area contributed by atoms with Crippen molar-refractivity contribution in [1.29, 1.82) is 0 Å². The molecule has 0 aliphatic rings. The molecule has 5 nitrogen and oxygen atoms in total. The molecule has 1 amide bonds. The molecule has 0 atom stereocenters. The van der Waals surface area contributed by atoms with Crippen molar-refractivity contribution >= 4 is 16.8 Å². The minimum absolute atomic E-state index is 0.419. The summed E-state index contributed by atoms with van der Waals surface area (Å²) >= 11 is 0. The standard InChI is InChI=1S/C17H16N2O2.C2H7N/c1-2-21-12-8-6-11(7-9-12)16-10-14-13(17(18)20)4-3-5-15(14)19-16;1-3-2/h3-10,19H,2H2,1H3,(H2,18,20);3H,1-2H3. The average molecular weight is 325 g/mol. The van der Waals surface area contributed by atoms with Gasteiger partial charge in [0.25, 0.3) is 0 Å². The third-order valence-corrected chi connectivity index (χ3v) is 3.41. The predicted octanol–water partition coefficient (Wildman–Crippen LogP) is 3.17. The summed E-state index contributed by atoms with van der Waals surface area (Å²) in [6.45, 7) is 2.60. The monoisotopic (exact) mass is 325 g/mol. The summed E-state index contributed by atoms with van der Waals surface area (Å²) in [5.74, 6) is 0.424. The van der Waals surface area contributed by atoms with Gasteiger partial charge < -0.3 is 20.8 Å². The first kappa shape index (κ1) is 17.6. The molecule has 0 aliphatic heterocycles. The summed E-state index contributed by atoms with van der Waals surface area (Å²) in [6.07, 6.45) is 0. The lowest BCUT2D eigenvalue weighted by Gasteiger charge is -2.03. The zero-order valence-corrected chi connectivity index (χ0v) is 14.2. The molecule has 0 spiro atoms. The molecule has 0 fully saturated rings. The van der Waals surface area contributed by atoms with Gasteiger partial charge in [-0.05, 0) is 69.0 Å². The smallest absolute Gasteiger partial charge is 0.249 e. The number of benzene rings is 2. The molecule has 0 unspecified atom stereocenters. The molecule has 5 heteroatoms. The second-order valence-electron chi connectivity index (χ2n) is 5.27. The van der Waals surface area contributed by atoms with Crippen LogP contribution in [0.25, 0.3) is 22.2 Å². The van der Waals surface area contributed by atoms with Gasteiger partial charge in [-0.15, -0.1) is 0 Å². The van der Waals surface area contributed by atoms with Crippen LogP contribution >= 0.6 is 0 Å². The largest absolute Gasteiger partial charge is 0.494 e. The number of amides is 1. The van der Waals surface area contributed by atoms with E-state index in [1.807, 2.05) is 63.5 Å². The number of aromatic nitrogens is 1. The molecule has 3 aromatic rings. The Morgan fingerprint density at radius 2 is 1.83 bits per heavy atom. The molecule has 24 heavy (non-hydrogen) atoms. The fourth-order valence-electron chi connectivity index (χ4n) is 2.42. The van der Waals surface area contributed by atoms with Crippen LogP contribution in [0.1, 0.15) is 17.3 Å². The van der Waals surface area contributed by atoms with Crippen molar-refractivity contribution in [2.75, 3.05) is 20.7 Å². The van der Waals surface area contributed by atoms with Gasteiger partial charge in [0.2, 0.25) is 5.91 Å². The van der Waals surface area contributed by atoms with E-state index in [4.69, 9.17) is 10.5 Å². The lowest BCUT2D eigenvalue weighted by Crippen LogP contribution is -2.10. The van der Waals surface area contributed by atoms with E-state index in [9.17, 15) is 4.79 Å². The van der Waals surface area contributed by atoms with Crippen LogP contribution in [-0.2, 0) is 0 Å². The first-order valence-corrected chi connectivity index (χ1v) is 7.84. The van der Waals surface area contributed by atoms with Crippen molar-refractivity contribution in [2.24, 2.45) is 5.73 Å². The molecule has 0 radical (unpaired) electrons. The summed E-state index contributed by atoms with van der Waals surface area (Å²) in [4.78, 5) is 14.8. The first-order valence-electron chi connectivity index (χ1n) is 7.84. The third kappa shape index (κ3) is 3.94. The molecule has 0 aliphatic carbocycles. The van der Waals surface area contributed by atoms with E-state index in [2.05, 4.69) is 10.3 Å². The van der Waals surface area contributed by atoms with Crippen molar-refractivity contribution in [3.63, 3.8) is 0 Å². The van der Waals surface area contributed by atoms with Gasteiger partial charge in [0.1, 0.15) is 5.75 Å². The molecular formula is C19H23N3O2. The van der Waals surface area contributed by atoms with Gasteiger partial charge in [0, 0.05) is 22.2 Å². The predicted molar refractivity (Wildman–Crippen MR) is 98.4 cm³/mol. The Balaban J connectivity index is 0.000000647. The molecular weight excluding hydrogens is 302 g/mol. The quantitative estimate of drug-likeness (QED) is 0.689. The van der Waals surface area contributed by atoms with Crippen molar-refractivity contribution in [2.45, 2.75) is 6.92 Å². The third-order valence-electron chi connectivity index (χ3n) is 3.41. The number of nitrogens with one attached hydrogen (secondary N) is 2. The summed E-state index contributed by atoms with van der Waals surface area (Å²) in [5.41, 5.74) is 8.82. The minimum Gasteiger partial charge on any atom is -0.494 e. The Labute approximate surface area is 141 Å². The number of ether oxygens (including phenoxy) is 1. The number of rotatable bonds is 4. The number of carbonyl (C=O) groups is 1. The van der Waals surface area contributed by atoms with E-state index in [0.29, 0.717) is 12.2 Å². The van der Waals surface area contributed by atoms with Crippen molar-refractivity contribution < 1.29 is 9.53 Å². The van der Waals surface area contributed by atoms with Crippen LogP contribution in [0.4, 0.5) is 0 Å². The summed E-state index contributed by atoms with van der Waals surface area (Å²) < 4.78 is 5.43. The lowest BCUT2D eigenvalue weighted by molar-refractivity contribution is 0.100. The van der Waals surface area contributed by atoms with Crippen LogP contribution in [0.2, 0.25) is 0 Å². The highest BCUT2D eigenvalue weighted by Gasteiger charge is 2.10. The maximum absolute atomic E-state index is 11.5. The number of nitrogens with two attached hydrogens (primary N) is 1. The van der Waals surface area contributed by atoms with Gasteiger partial charge in [-0.1, -0.05) is 6.07 Å². The van der Waals surface area contributed by atoms with Crippen LogP contribution in [0.3, 0.4) is 0 Å². The first-order chi connectivity index (χ1) is 11.6. The topological polar surface area (TPSA) is 80.1 Å². The van der Waals surface area contributed by atoms with E-state index < -0.39 is 5.91 Å². The van der Waals surface area contributed by atoms with Crippen LogP contribution in [0, 0.1) is 0 Å². The highest BCUT2D eigenvalue weighted by atomic mass is 16.5. The second-order valence-corrected chi connectivity index (χ2v) is 5.27. The molecule has 1 aromatic heterocycles. The summed E-state index contributed by atoms with van der Waals surface area (Å²) in [5, 5.41) is 3.59. The average Bonchev–Trinajstić information content (AvgIpc) is 3.00. The fourth-order valence-corrected chi connectivity index (χ4v) is 2.42. The Bertz CT molecular complexity index is 807. The highest BCUT2D eigenvalue weighted by molar-refractivity contribution is 6.06. The maximum atomic E-state index is 11.5. The maximum Gasteiger partial charge on any atom is 0.249 e. The van der Waals surface area contributed by atoms with Gasteiger partial charge in [-0.2, -0.15) is 0 Å². The highest BCUT2D eigenvalue weighted by Crippen LogP contribution is 2.27. The van der Waals surface area contributed by atoms with Gasteiger partial charge in [-0.25, -0.2) is 0 Å². The van der Waals surface area contributed by atoms with Crippen molar-refractivity contribution in [1.82, 2.24) is 10.3 Å². The van der Waals surface area contributed by atoms with E-state index in [1.165, 1.54) is 0 Å². The van der Waals surface area contributed by atoms with Crippen LogP contribution in [0.15, 0.2) is 48.5 Å². The molecule has 126 valence electrons. The summed E-state index contributed by atoms with van der Waals surface area (Å²) in [6, 6.07) is 15.3. The molecule has 0 saturated carbocycles. The van der Waals surface area contributed by atoms with Gasteiger partial charge in [0.15, 0.2) is 0 Å². The van der Waals surface area contributed by atoms with E-state index >= 15 is 0 Å². The Morgan fingerprint density at radius 1 is 1.17 bits per heavy atom. The molecule has 4 N–H and O–H groups in total. The fraction of sp³-hybridized carbons (Fsp3) is 0.211. The summed E-state index contributed by atoms with van der Waals surface area (Å²) in [7, 11) is 3.75. The van der Waals surface area contributed by atoms with E-state index in [1.54, 1.807) is 6.07 Å². The molecule has 2 aromatic carbocycles. The van der Waals surface area contributed by atoms with Crippen LogP contribution < -0.4 is 15.8 Å². The SMILES string of the molecule is CCOc1ccc(-c2cc3c(C(N)=O)cccc3[nH]2)cc1.CNC. The Kier molecular flexibility index (Phi) is 5.98. The zero-order chi connectivity index (χ0) is 17.5. The Morgan fingerprint density at radius 3 is 2.42 bits per heavy atom. The van der Waals surface area contributed by atoms with Gasteiger partial charge >= 0.3 is 0 Å². The van der Waals surface area contributed by atoms with E-state index in [0.717, 1.165) is 27.9 Å². The number of aromatic amines is 1. The van der Waals surface area contributed by atoms with Crippen molar-refractivity contribution in [3.8, 4) is 17.0 Å². The lowest BCUT2D eigenvalue weighted by atomic mass is 10.1. The number of hydrogen-bond donors (Lipinski definition) is 3. The number of hydrogen-bond acceptors (Lipinski definition) is 3. The zero-order valence-electron chi connectivity index (χ0n) is 14.2. The van der Waals surface area contributed by atoms with Crippen LogP contribution in [-0.4, -0.2) is 31.6 Å². The minimum atomic E-state index is -0.419. The van der Waals surface area contributed by atoms with Crippen LogP contribution in [0.5, 0.6) is 5.75 Å². The molecule has 1 heterocycles. The Hall–Kier alpha value is -2.79. The second kappa shape index (κ2) is 8.17. The van der Waals surface area contributed by atoms with E-state index in [-0.39, 0.29) is 0 Å². The number of primary amides is 1. The molecule has 0 bridgehead atoms. The van der Waals surface area contributed by atoms with Gasteiger partial charge in [0.05, 0.1) is 6.61 Å². The normalized spacial score (nSPS) is 10.1.